The van der Waals surface area contributed by atoms with Crippen molar-refractivity contribution in [3.63, 3.8) is 0 Å². The van der Waals surface area contributed by atoms with Gasteiger partial charge >= 0.3 is 12.0 Å². The summed E-state index contributed by atoms with van der Waals surface area (Å²) in [5.74, 6) is 0.222. The molecule has 0 radical (unpaired) electrons. The highest BCUT2D eigenvalue weighted by Crippen LogP contribution is 2.19. The molecule has 2 amide bonds. The number of urea groups is 1. The Balaban J connectivity index is 1.35. The van der Waals surface area contributed by atoms with Crippen molar-refractivity contribution in [2.24, 2.45) is 0 Å². The zero-order valence-electron chi connectivity index (χ0n) is 20.0. The van der Waals surface area contributed by atoms with Crippen LogP contribution in [0.1, 0.15) is 23.7 Å². The maximum absolute atomic E-state index is 12.4. The predicted molar refractivity (Wildman–Crippen MR) is 136 cm³/mol. The molecule has 0 atom stereocenters. The SMILES string of the molecule is CCOC(=O)Cc1ccc(NC(=O)Nc2cccc(OCc3cc(=O)n4cccc(C)c4n3)c2)cc1. The summed E-state index contributed by atoms with van der Waals surface area (Å²) < 4.78 is 12.3. The van der Waals surface area contributed by atoms with Crippen LogP contribution in [0.25, 0.3) is 5.65 Å². The number of nitrogens with one attached hydrogen (secondary N) is 2. The number of aromatic nitrogens is 2. The van der Waals surface area contributed by atoms with E-state index in [1.54, 1.807) is 67.7 Å². The van der Waals surface area contributed by atoms with Gasteiger partial charge in [0.25, 0.3) is 5.56 Å². The number of aryl methyl sites for hydroxylation is 1. The number of carbonyl (C=O) groups excluding carboxylic acids is 2. The highest BCUT2D eigenvalue weighted by Gasteiger charge is 2.08. The van der Waals surface area contributed by atoms with Gasteiger partial charge in [0.1, 0.15) is 18.0 Å². The number of nitrogens with zero attached hydrogens (tertiary/aromatic N) is 2. The van der Waals surface area contributed by atoms with E-state index in [-0.39, 0.29) is 24.6 Å². The Labute approximate surface area is 207 Å². The van der Waals surface area contributed by atoms with Crippen molar-refractivity contribution in [1.82, 2.24) is 9.38 Å². The van der Waals surface area contributed by atoms with Crippen LogP contribution < -0.4 is 20.9 Å². The Hall–Kier alpha value is -4.66. The first kappa shape index (κ1) is 24.5. The minimum absolute atomic E-state index is 0.105. The van der Waals surface area contributed by atoms with Crippen LogP contribution in [-0.2, 0) is 22.6 Å². The van der Waals surface area contributed by atoms with Crippen molar-refractivity contribution >= 4 is 29.0 Å². The van der Waals surface area contributed by atoms with Crippen LogP contribution in [0.4, 0.5) is 16.2 Å². The summed E-state index contributed by atoms with van der Waals surface area (Å²) in [5, 5.41) is 5.51. The molecule has 4 aromatic rings. The molecule has 9 nitrogen and oxygen atoms in total. The average Bonchev–Trinajstić information content (AvgIpc) is 2.85. The third kappa shape index (κ3) is 6.26. The van der Waals surface area contributed by atoms with E-state index in [0.29, 0.717) is 35.1 Å². The number of benzene rings is 2. The molecule has 0 bridgehead atoms. The lowest BCUT2D eigenvalue weighted by atomic mass is 10.1. The lowest BCUT2D eigenvalue weighted by molar-refractivity contribution is -0.142. The molecule has 0 unspecified atom stereocenters. The lowest BCUT2D eigenvalue weighted by Gasteiger charge is -2.11. The number of ether oxygens (including phenoxy) is 2. The summed E-state index contributed by atoms with van der Waals surface area (Å²) in [6.07, 6.45) is 1.86. The largest absolute Gasteiger partial charge is 0.487 e. The fourth-order valence-corrected chi connectivity index (χ4v) is 3.58. The van der Waals surface area contributed by atoms with Gasteiger partial charge in [0, 0.05) is 29.7 Å². The Kier molecular flexibility index (Phi) is 7.60. The molecule has 0 saturated carbocycles. The van der Waals surface area contributed by atoms with Crippen molar-refractivity contribution in [1.29, 1.82) is 0 Å². The first-order valence-corrected chi connectivity index (χ1v) is 11.4. The summed E-state index contributed by atoms with van der Waals surface area (Å²) in [4.78, 5) is 40.9. The lowest BCUT2D eigenvalue weighted by Crippen LogP contribution is -2.19. The van der Waals surface area contributed by atoms with Crippen LogP contribution >= 0.6 is 0 Å². The van der Waals surface area contributed by atoms with Crippen LogP contribution in [0.3, 0.4) is 0 Å². The minimum Gasteiger partial charge on any atom is -0.487 e. The van der Waals surface area contributed by atoms with Gasteiger partial charge in [-0.1, -0.05) is 24.3 Å². The maximum atomic E-state index is 12.4. The molecule has 2 heterocycles. The van der Waals surface area contributed by atoms with Gasteiger partial charge in [-0.3, -0.25) is 14.0 Å². The fourth-order valence-electron chi connectivity index (χ4n) is 3.58. The molecular weight excluding hydrogens is 460 g/mol. The second-order valence-electron chi connectivity index (χ2n) is 8.04. The molecular formula is C27H26N4O5. The molecule has 0 aliphatic heterocycles. The second-order valence-corrected chi connectivity index (χ2v) is 8.04. The number of pyridine rings is 1. The molecule has 2 aromatic carbocycles. The maximum Gasteiger partial charge on any atom is 0.323 e. The van der Waals surface area contributed by atoms with E-state index in [0.717, 1.165) is 11.1 Å². The topological polar surface area (TPSA) is 111 Å². The average molecular weight is 487 g/mol. The zero-order valence-corrected chi connectivity index (χ0v) is 20.0. The van der Waals surface area contributed by atoms with E-state index in [1.165, 1.54) is 10.5 Å². The number of fused-ring (bicyclic) bond motifs is 1. The third-order valence-electron chi connectivity index (χ3n) is 5.28. The molecule has 9 heteroatoms. The Morgan fingerprint density at radius 1 is 0.972 bits per heavy atom. The summed E-state index contributed by atoms with van der Waals surface area (Å²) in [5.41, 5.74) is 3.72. The van der Waals surface area contributed by atoms with E-state index in [1.807, 2.05) is 13.0 Å². The molecule has 0 fully saturated rings. The highest BCUT2D eigenvalue weighted by molar-refractivity contribution is 5.99. The molecule has 0 aliphatic rings. The Bertz CT molecular complexity index is 1450. The van der Waals surface area contributed by atoms with Crippen LogP contribution in [-0.4, -0.2) is 28.0 Å². The van der Waals surface area contributed by atoms with Gasteiger partial charge in [0.2, 0.25) is 0 Å². The van der Waals surface area contributed by atoms with Crippen LogP contribution in [0, 0.1) is 6.92 Å². The standard InChI is InChI=1S/C27H26N4O5/c1-3-35-25(33)14-19-9-11-20(12-10-19)29-27(34)30-21-7-4-8-23(15-21)36-17-22-16-24(32)31-13-5-6-18(2)26(31)28-22/h4-13,15-16H,3,14,17H2,1-2H3,(H2,29,30,34). The van der Waals surface area contributed by atoms with Gasteiger partial charge in [-0.25, -0.2) is 9.78 Å². The monoisotopic (exact) mass is 486 g/mol. The van der Waals surface area contributed by atoms with E-state index in [4.69, 9.17) is 9.47 Å². The van der Waals surface area contributed by atoms with Gasteiger partial charge in [-0.2, -0.15) is 0 Å². The van der Waals surface area contributed by atoms with Crippen molar-refractivity contribution in [3.8, 4) is 5.75 Å². The predicted octanol–water partition coefficient (Wildman–Crippen LogP) is 4.33. The van der Waals surface area contributed by atoms with Gasteiger partial charge in [0.05, 0.1) is 18.7 Å². The van der Waals surface area contributed by atoms with E-state index in [2.05, 4.69) is 15.6 Å². The number of amides is 2. The van der Waals surface area contributed by atoms with Gasteiger partial charge in [-0.15, -0.1) is 0 Å². The van der Waals surface area contributed by atoms with Gasteiger partial charge < -0.3 is 20.1 Å². The van der Waals surface area contributed by atoms with E-state index < -0.39 is 6.03 Å². The van der Waals surface area contributed by atoms with Crippen LogP contribution in [0.2, 0.25) is 0 Å². The van der Waals surface area contributed by atoms with E-state index >= 15 is 0 Å². The molecule has 2 aromatic heterocycles. The van der Waals surface area contributed by atoms with Crippen molar-refractivity contribution in [2.75, 3.05) is 17.2 Å². The van der Waals surface area contributed by atoms with E-state index in [9.17, 15) is 14.4 Å². The van der Waals surface area contributed by atoms with Gasteiger partial charge in [0.15, 0.2) is 0 Å². The van der Waals surface area contributed by atoms with Crippen LogP contribution in [0.15, 0.2) is 77.7 Å². The van der Waals surface area contributed by atoms with Gasteiger partial charge in [-0.05, 0) is 55.3 Å². The summed E-state index contributed by atoms with van der Waals surface area (Å²) in [6, 6.07) is 18.6. The second kappa shape index (κ2) is 11.2. The zero-order chi connectivity index (χ0) is 25.5. The molecule has 0 spiro atoms. The molecule has 0 saturated heterocycles. The number of rotatable bonds is 8. The first-order valence-electron chi connectivity index (χ1n) is 11.4. The summed E-state index contributed by atoms with van der Waals surface area (Å²) in [6.45, 7) is 4.10. The molecule has 36 heavy (non-hydrogen) atoms. The molecule has 0 aliphatic carbocycles. The molecule has 4 rings (SSSR count). The van der Waals surface area contributed by atoms with Crippen molar-refractivity contribution < 1.29 is 19.1 Å². The van der Waals surface area contributed by atoms with Crippen LogP contribution in [0.5, 0.6) is 5.75 Å². The number of anilines is 2. The fraction of sp³-hybridized carbons (Fsp3) is 0.185. The smallest absolute Gasteiger partial charge is 0.323 e. The third-order valence-corrected chi connectivity index (χ3v) is 5.28. The van der Waals surface area contributed by atoms with Crippen molar-refractivity contribution in [2.45, 2.75) is 26.9 Å². The first-order chi connectivity index (χ1) is 17.4. The normalized spacial score (nSPS) is 10.6. The number of carbonyl (C=O) groups is 2. The molecule has 184 valence electrons. The number of esters is 1. The number of hydrogen-bond donors (Lipinski definition) is 2. The summed E-state index contributed by atoms with van der Waals surface area (Å²) >= 11 is 0. The molecule has 2 N–H and O–H groups in total. The number of hydrogen-bond acceptors (Lipinski definition) is 6. The van der Waals surface area contributed by atoms with Crippen molar-refractivity contribution in [3.05, 3.63) is 100 Å². The summed E-state index contributed by atoms with van der Waals surface area (Å²) in [7, 11) is 0. The quantitative estimate of drug-likeness (QED) is 0.359. The Morgan fingerprint density at radius 3 is 2.53 bits per heavy atom. The highest BCUT2D eigenvalue weighted by atomic mass is 16.5. The Morgan fingerprint density at radius 2 is 1.75 bits per heavy atom. The minimum atomic E-state index is -0.426.